The van der Waals surface area contributed by atoms with Gasteiger partial charge in [-0.15, -0.1) is 11.8 Å². The van der Waals surface area contributed by atoms with Crippen molar-refractivity contribution in [2.45, 2.75) is 23.5 Å². The second-order valence-electron chi connectivity index (χ2n) is 7.34. The van der Waals surface area contributed by atoms with Crippen molar-refractivity contribution in [2.75, 3.05) is 12.3 Å². The molecule has 3 aromatic rings. The minimum absolute atomic E-state index is 0.145. The van der Waals surface area contributed by atoms with Gasteiger partial charge in [-0.05, 0) is 22.8 Å². The number of fused-ring (bicyclic) bond motifs is 1. The average Bonchev–Trinajstić information content (AvgIpc) is 3.24. The number of benzene rings is 3. The van der Waals surface area contributed by atoms with Gasteiger partial charge in [0.05, 0.1) is 0 Å². The van der Waals surface area contributed by atoms with Crippen LogP contribution in [-0.2, 0) is 16.1 Å². The van der Waals surface area contributed by atoms with E-state index in [-0.39, 0.29) is 18.4 Å². The Labute approximate surface area is 186 Å². The van der Waals surface area contributed by atoms with Gasteiger partial charge in [-0.3, -0.25) is 4.79 Å². The summed E-state index contributed by atoms with van der Waals surface area (Å²) in [6, 6.07) is 26.1. The van der Waals surface area contributed by atoms with Crippen molar-refractivity contribution in [3.05, 3.63) is 102 Å². The lowest BCUT2D eigenvalue weighted by molar-refractivity contribution is -0.123. The molecule has 2 N–H and O–H groups in total. The quantitative estimate of drug-likeness (QED) is 0.570. The zero-order valence-corrected chi connectivity index (χ0v) is 17.8. The zero-order valence-electron chi connectivity index (χ0n) is 17.0. The number of ether oxygens (including phenoxy) is 1. The Balaban J connectivity index is 1.39. The highest BCUT2D eigenvalue weighted by Gasteiger charge is 2.27. The minimum atomic E-state index is -0.825. The van der Waals surface area contributed by atoms with Crippen LogP contribution in [0.3, 0.4) is 0 Å². The molecular weight excluding hydrogens is 408 g/mol. The third kappa shape index (κ3) is 5.47. The molecular formula is C25H24N2O3S. The lowest BCUT2D eigenvalue weighted by Gasteiger charge is -2.20. The van der Waals surface area contributed by atoms with Crippen molar-refractivity contribution in [1.29, 1.82) is 0 Å². The van der Waals surface area contributed by atoms with E-state index in [1.165, 1.54) is 10.5 Å². The molecule has 0 aromatic heterocycles. The summed E-state index contributed by atoms with van der Waals surface area (Å²) in [5, 5.41) is 5.74. The van der Waals surface area contributed by atoms with E-state index >= 15 is 0 Å². The van der Waals surface area contributed by atoms with Crippen LogP contribution in [0.25, 0.3) is 0 Å². The molecule has 0 saturated carbocycles. The number of rotatable bonds is 7. The standard InChI is InChI=1S/C25H24N2O3S/c28-24(26-15-20-17-31-22-14-8-7-13-21(20)22)23(19-11-5-2-6-12-19)27-25(29)30-16-18-9-3-1-4-10-18/h1-14,20,23H,15-17H2,(H,26,28)(H,27,29). The first kappa shape index (κ1) is 21.0. The molecule has 0 saturated heterocycles. The summed E-state index contributed by atoms with van der Waals surface area (Å²) in [6.07, 6.45) is -0.630. The maximum absolute atomic E-state index is 13.0. The first-order valence-electron chi connectivity index (χ1n) is 10.2. The van der Waals surface area contributed by atoms with Gasteiger partial charge in [-0.1, -0.05) is 78.9 Å². The van der Waals surface area contributed by atoms with E-state index in [1.807, 2.05) is 72.8 Å². The molecule has 0 radical (unpaired) electrons. The Kier molecular flexibility index (Phi) is 6.89. The van der Waals surface area contributed by atoms with Gasteiger partial charge in [-0.2, -0.15) is 0 Å². The molecule has 31 heavy (non-hydrogen) atoms. The fraction of sp³-hybridized carbons (Fsp3) is 0.200. The summed E-state index contributed by atoms with van der Waals surface area (Å²) in [6.45, 7) is 0.665. The Morgan fingerprint density at radius 3 is 2.39 bits per heavy atom. The van der Waals surface area contributed by atoms with Crippen molar-refractivity contribution in [3.8, 4) is 0 Å². The first-order valence-corrected chi connectivity index (χ1v) is 11.2. The predicted molar refractivity (Wildman–Crippen MR) is 122 cm³/mol. The maximum Gasteiger partial charge on any atom is 0.408 e. The molecule has 2 atom stereocenters. The third-order valence-corrected chi connectivity index (χ3v) is 6.44. The van der Waals surface area contributed by atoms with Gasteiger partial charge in [0.2, 0.25) is 5.91 Å². The molecule has 5 nitrogen and oxygen atoms in total. The molecule has 4 rings (SSSR count). The van der Waals surface area contributed by atoms with E-state index in [1.54, 1.807) is 11.8 Å². The average molecular weight is 433 g/mol. The summed E-state index contributed by atoms with van der Waals surface area (Å²) in [5.41, 5.74) is 2.85. The van der Waals surface area contributed by atoms with Crippen molar-refractivity contribution in [3.63, 3.8) is 0 Å². The second-order valence-corrected chi connectivity index (χ2v) is 8.40. The smallest absolute Gasteiger partial charge is 0.408 e. The van der Waals surface area contributed by atoms with Crippen molar-refractivity contribution in [1.82, 2.24) is 10.6 Å². The topological polar surface area (TPSA) is 67.4 Å². The van der Waals surface area contributed by atoms with Crippen LogP contribution in [0.5, 0.6) is 0 Å². The van der Waals surface area contributed by atoms with Crippen LogP contribution in [0.2, 0.25) is 0 Å². The van der Waals surface area contributed by atoms with Crippen LogP contribution in [0.1, 0.15) is 28.7 Å². The fourth-order valence-electron chi connectivity index (χ4n) is 3.55. The van der Waals surface area contributed by atoms with Gasteiger partial charge < -0.3 is 15.4 Å². The third-order valence-electron chi connectivity index (χ3n) is 5.19. The Hall–Kier alpha value is -3.25. The molecule has 2 unspecified atom stereocenters. The Bertz CT molecular complexity index is 1030. The van der Waals surface area contributed by atoms with E-state index in [9.17, 15) is 9.59 Å². The Morgan fingerprint density at radius 2 is 1.61 bits per heavy atom. The molecule has 2 amide bonds. The molecule has 3 aromatic carbocycles. The number of thioether (sulfide) groups is 1. The lowest BCUT2D eigenvalue weighted by Crippen LogP contribution is -2.41. The fourth-order valence-corrected chi connectivity index (χ4v) is 4.81. The van der Waals surface area contributed by atoms with E-state index in [0.29, 0.717) is 12.1 Å². The number of amides is 2. The molecule has 0 spiro atoms. The van der Waals surface area contributed by atoms with Crippen LogP contribution in [0.4, 0.5) is 4.79 Å². The van der Waals surface area contributed by atoms with E-state index in [4.69, 9.17) is 4.74 Å². The number of hydrogen-bond donors (Lipinski definition) is 2. The number of carbonyl (C=O) groups is 2. The normalized spacial score (nSPS) is 15.5. The predicted octanol–water partition coefficient (Wildman–Crippen LogP) is 4.66. The first-order chi connectivity index (χ1) is 15.2. The summed E-state index contributed by atoms with van der Waals surface area (Å²) >= 11 is 1.81. The zero-order chi connectivity index (χ0) is 21.5. The molecule has 158 valence electrons. The highest BCUT2D eigenvalue weighted by molar-refractivity contribution is 7.99. The van der Waals surface area contributed by atoms with Gasteiger partial charge in [0.1, 0.15) is 12.6 Å². The molecule has 1 aliphatic heterocycles. The second kappa shape index (κ2) is 10.2. The van der Waals surface area contributed by atoms with Crippen molar-refractivity contribution >= 4 is 23.8 Å². The van der Waals surface area contributed by atoms with Gasteiger partial charge >= 0.3 is 6.09 Å². The van der Waals surface area contributed by atoms with E-state index in [2.05, 4.69) is 22.8 Å². The summed E-state index contributed by atoms with van der Waals surface area (Å²) in [7, 11) is 0. The summed E-state index contributed by atoms with van der Waals surface area (Å²) < 4.78 is 5.32. The molecule has 0 aliphatic carbocycles. The number of carbonyl (C=O) groups excluding carboxylic acids is 2. The van der Waals surface area contributed by atoms with Gasteiger partial charge in [0, 0.05) is 23.1 Å². The van der Waals surface area contributed by atoms with Crippen LogP contribution in [0.15, 0.2) is 89.8 Å². The van der Waals surface area contributed by atoms with Crippen LogP contribution < -0.4 is 10.6 Å². The molecule has 0 fully saturated rings. The Morgan fingerprint density at radius 1 is 0.935 bits per heavy atom. The van der Waals surface area contributed by atoms with Gasteiger partial charge in [0.25, 0.3) is 0 Å². The number of alkyl carbamates (subject to hydrolysis) is 1. The minimum Gasteiger partial charge on any atom is -0.445 e. The molecule has 0 bridgehead atoms. The number of nitrogens with one attached hydrogen (secondary N) is 2. The van der Waals surface area contributed by atoms with Crippen LogP contribution >= 0.6 is 11.8 Å². The molecule has 6 heteroatoms. The SMILES string of the molecule is O=C(NC(C(=O)NCC1CSc2ccccc21)c1ccccc1)OCc1ccccc1. The lowest BCUT2D eigenvalue weighted by atomic mass is 10.0. The summed E-state index contributed by atoms with van der Waals surface area (Å²) in [5.74, 6) is 0.936. The van der Waals surface area contributed by atoms with Crippen molar-refractivity contribution < 1.29 is 14.3 Å². The van der Waals surface area contributed by atoms with Crippen molar-refractivity contribution in [2.24, 2.45) is 0 Å². The van der Waals surface area contributed by atoms with Crippen LogP contribution in [0, 0.1) is 0 Å². The largest absolute Gasteiger partial charge is 0.445 e. The summed E-state index contributed by atoms with van der Waals surface area (Å²) in [4.78, 5) is 26.7. The van der Waals surface area contributed by atoms with E-state index < -0.39 is 12.1 Å². The highest BCUT2D eigenvalue weighted by atomic mass is 32.2. The van der Waals surface area contributed by atoms with E-state index in [0.717, 1.165) is 11.3 Å². The molecule has 1 heterocycles. The maximum atomic E-state index is 13.0. The van der Waals surface area contributed by atoms with Gasteiger partial charge in [-0.25, -0.2) is 4.79 Å². The highest BCUT2D eigenvalue weighted by Crippen LogP contribution is 2.38. The van der Waals surface area contributed by atoms with Crippen LogP contribution in [-0.4, -0.2) is 24.3 Å². The monoisotopic (exact) mass is 432 g/mol. The number of hydrogen-bond acceptors (Lipinski definition) is 4. The molecule has 1 aliphatic rings. The van der Waals surface area contributed by atoms with Gasteiger partial charge in [0.15, 0.2) is 0 Å².